The molecule has 8 N–H and O–H groups in total. The Morgan fingerprint density at radius 2 is 1.83 bits per heavy atom. The van der Waals surface area contributed by atoms with Crippen LogP contribution in [0.25, 0.3) is 0 Å². The number of rotatable bonds is 6. The number of nitrogens with one attached hydrogen (secondary N) is 1. The second-order valence-corrected chi connectivity index (χ2v) is 7.03. The molecule has 0 bridgehead atoms. The predicted molar refractivity (Wildman–Crippen MR) is 93.5 cm³/mol. The summed E-state index contributed by atoms with van der Waals surface area (Å²) in [5.41, 5.74) is 4.29. The summed E-state index contributed by atoms with van der Waals surface area (Å²) in [6.07, 6.45) is -6.64. The van der Waals surface area contributed by atoms with Crippen molar-refractivity contribution in [3.8, 4) is 0 Å². The quantitative estimate of drug-likeness (QED) is 0.233. The van der Waals surface area contributed by atoms with Crippen LogP contribution in [-0.2, 0) is 20.8 Å². The molecule has 1 aromatic rings. The minimum absolute atomic E-state index is 0.00657. The van der Waals surface area contributed by atoms with E-state index in [4.69, 9.17) is 19.9 Å². The molecule has 164 valence electrons. The highest BCUT2D eigenvalue weighted by Gasteiger charge is 2.43. The van der Waals surface area contributed by atoms with Crippen molar-refractivity contribution < 1.29 is 39.7 Å². The summed E-state index contributed by atoms with van der Waals surface area (Å²) in [6.45, 7) is -1.37. The van der Waals surface area contributed by atoms with Gasteiger partial charge in [-0.2, -0.15) is 0 Å². The van der Waals surface area contributed by atoms with Gasteiger partial charge >= 0.3 is 5.69 Å². The van der Waals surface area contributed by atoms with E-state index in [-0.39, 0.29) is 18.6 Å². The Labute approximate surface area is 163 Å². The number of H-pyrrole nitrogens is 1. The van der Waals surface area contributed by atoms with Crippen LogP contribution in [0.5, 0.6) is 0 Å². The fourth-order valence-electron chi connectivity index (χ4n) is 3.32. The molecule has 2 fully saturated rings. The lowest BCUT2D eigenvalue weighted by atomic mass is 9.98. The zero-order valence-electron chi connectivity index (χ0n) is 15.3. The monoisotopic (exact) mass is 419 g/mol. The largest absolute Gasteiger partial charge is 0.394 e. The molecule has 0 saturated carbocycles. The first-order valence-corrected chi connectivity index (χ1v) is 9.05. The molecule has 2 aliphatic heterocycles. The third kappa shape index (κ3) is 4.42. The Morgan fingerprint density at radius 3 is 2.45 bits per heavy atom. The van der Waals surface area contributed by atoms with Crippen molar-refractivity contribution in [3.63, 3.8) is 0 Å². The van der Waals surface area contributed by atoms with Crippen molar-refractivity contribution in [1.29, 1.82) is 0 Å². The molecule has 29 heavy (non-hydrogen) atoms. The van der Waals surface area contributed by atoms with Gasteiger partial charge in [-0.3, -0.25) is 14.3 Å². The van der Waals surface area contributed by atoms with Gasteiger partial charge in [0.15, 0.2) is 6.29 Å². The van der Waals surface area contributed by atoms with Gasteiger partial charge in [-0.1, -0.05) is 0 Å². The highest BCUT2D eigenvalue weighted by Crippen LogP contribution is 2.27. The fourth-order valence-corrected chi connectivity index (χ4v) is 3.32. The van der Waals surface area contributed by atoms with E-state index in [0.717, 1.165) is 4.57 Å². The number of aromatic amines is 1. The first-order valence-electron chi connectivity index (χ1n) is 9.05. The first kappa shape index (κ1) is 22.0. The lowest BCUT2D eigenvalue weighted by Crippen LogP contribution is -2.62. The van der Waals surface area contributed by atoms with Crippen molar-refractivity contribution >= 4 is 0 Å². The van der Waals surface area contributed by atoms with E-state index < -0.39 is 73.5 Å². The molecule has 0 aromatic carbocycles. The van der Waals surface area contributed by atoms with Crippen molar-refractivity contribution in [2.24, 2.45) is 5.73 Å². The molecular weight excluding hydrogens is 394 g/mol. The molecule has 13 nitrogen and oxygen atoms in total. The lowest BCUT2D eigenvalue weighted by Gasteiger charge is -2.40. The maximum Gasteiger partial charge on any atom is 0.330 e. The number of aliphatic hydroxyl groups excluding tert-OH is 5. The van der Waals surface area contributed by atoms with Gasteiger partial charge in [-0.25, -0.2) is 4.79 Å². The predicted octanol–water partition coefficient (Wildman–Crippen LogP) is -4.54. The molecule has 3 rings (SSSR count). The van der Waals surface area contributed by atoms with Crippen LogP contribution in [0.2, 0.25) is 0 Å². The molecule has 0 radical (unpaired) electrons. The van der Waals surface area contributed by atoms with Crippen molar-refractivity contribution in [2.45, 2.75) is 62.1 Å². The van der Waals surface area contributed by atoms with Crippen molar-refractivity contribution in [3.05, 3.63) is 32.6 Å². The number of ether oxygens (including phenoxy) is 3. The normalized spacial score (nSPS) is 37.7. The van der Waals surface area contributed by atoms with E-state index in [2.05, 4.69) is 4.98 Å². The van der Waals surface area contributed by atoms with Crippen LogP contribution in [-0.4, -0.2) is 91.1 Å². The second kappa shape index (κ2) is 8.99. The molecule has 3 heterocycles. The third-order valence-corrected chi connectivity index (χ3v) is 5.07. The SMILES string of the molecule is N[C@H]1[C@H](OCc2cn([C@H]3C[C@H](O)[C@@H](CO)O3)c(=O)[nH]c2=O)O[C@H](CO)[C@@H](O)[C@@H]1O. The average Bonchev–Trinajstić information content (AvgIpc) is 3.07. The van der Waals surface area contributed by atoms with Crippen LogP contribution in [0.3, 0.4) is 0 Å². The van der Waals surface area contributed by atoms with Gasteiger partial charge in [0.05, 0.1) is 37.5 Å². The third-order valence-electron chi connectivity index (χ3n) is 5.07. The minimum Gasteiger partial charge on any atom is -0.394 e. The van der Waals surface area contributed by atoms with E-state index in [1.807, 2.05) is 0 Å². The van der Waals surface area contributed by atoms with Crippen LogP contribution < -0.4 is 17.0 Å². The van der Waals surface area contributed by atoms with E-state index in [0.29, 0.717) is 0 Å². The molecule has 13 heteroatoms. The first-order chi connectivity index (χ1) is 13.8. The van der Waals surface area contributed by atoms with Gasteiger partial charge < -0.3 is 45.5 Å². The molecule has 0 unspecified atom stereocenters. The summed E-state index contributed by atoms with van der Waals surface area (Å²) in [6, 6.07) is -1.14. The summed E-state index contributed by atoms with van der Waals surface area (Å²) >= 11 is 0. The summed E-state index contributed by atoms with van der Waals surface area (Å²) in [5.74, 6) is 0. The summed E-state index contributed by atoms with van der Waals surface area (Å²) < 4.78 is 17.2. The number of nitrogens with zero attached hydrogens (tertiary/aromatic N) is 1. The van der Waals surface area contributed by atoms with Gasteiger partial charge in [0.25, 0.3) is 5.56 Å². The van der Waals surface area contributed by atoms with Crippen LogP contribution in [0.4, 0.5) is 0 Å². The van der Waals surface area contributed by atoms with E-state index in [1.165, 1.54) is 6.20 Å². The van der Waals surface area contributed by atoms with E-state index in [9.17, 15) is 35.1 Å². The van der Waals surface area contributed by atoms with Gasteiger partial charge in [0, 0.05) is 12.6 Å². The van der Waals surface area contributed by atoms with Crippen LogP contribution in [0, 0.1) is 0 Å². The topological polar surface area (TPSA) is 210 Å². The second-order valence-electron chi connectivity index (χ2n) is 7.03. The number of aromatic nitrogens is 2. The van der Waals surface area contributed by atoms with Crippen LogP contribution >= 0.6 is 0 Å². The highest BCUT2D eigenvalue weighted by atomic mass is 16.7. The minimum atomic E-state index is -1.41. The molecule has 0 amide bonds. The molecule has 2 saturated heterocycles. The molecule has 0 spiro atoms. The Balaban J connectivity index is 1.75. The number of aliphatic hydroxyl groups is 5. The smallest absolute Gasteiger partial charge is 0.330 e. The van der Waals surface area contributed by atoms with Crippen molar-refractivity contribution in [1.82, 2.24) is 9.55 Å². The van der Waals surface area contributed by atoms with Gasteiger partial charge in [-0.05, 0) is 0 Å². The Bertz CT molecular complexity index is 811. The van der Waals surface area contributed by atoms with Crippen LogP contribution in [0.1, 0.15) is 18.2 Å². The van der Waals surface area contributed by atoms with Gasteiger partial charge in [0.2, 0.25) is 0 Å². The standard InChI is InChI=1S/C16H25N3O10/c17-11-13(24)12(23)9(4-21)29-15(11)27-5-6-2-19(16(26)18-14(6)25)10-1-7(22)8(3-20)28-10/h2,7-13,15,20-24H,1,3-5,17H2,(H,18,25,26)/t7-,8+,9+,10+,11+,12+,13+,15+/m0/s1. The Morgan fingerprint density at radius 1 is 1.14 bits per heavy atom. The summed E-state index contributed by atoms with van der Waals surface area (Å²) in [5, 5.41) is 48.0. The molecule has 0 aliphatic carbocycles. The molecule has 2 aliphatic rings. The Hall–Kier alpha value is -1.68. The van der Waals surface area contributed by atoms with E-state index >= 15 is 0 Å². The number of nitrogens with two attached hydrogens (primary N) is 1. The average molecular weight is 419 g/mol. The maximum atomic E-state index is 12.1. The van der Waals surface area contributed by atoms with Crippen molar-refractivity contribution in [2.75, 3.05) is 13.2 Å². The Kier molecular flexibility index (Phi) is 6.83. The summed E-state index contributed by atoms with van der Waals surface area (Å²) in [7, 11) is 0. The number of hydrogen-bond acceptors (Lipinski definition) is 11. The van der Waals surface area contributed by atoms with Gasteiger partial charge in [0.1, 0.15) is 30.6 Å². The molecular formula is C16H25N3O10. The fraction of sp³-hybridized carbons (Fsp3) is 0.750. The van der Waals surface area contributed by atoms with E-state index in [1.54, 1.807) is 0 Å². The lowest BCUT2D eigenvalue weighted by molar-refractivity contribution is -0.269. The molecule has 8 atom stereocenters. The number of hydrogen-bond donors (Lipinski definition) is 7. The highest BCUT2D eigenvalue weighted by molar-refractivity contribution is 5.04. The summed E-state index contributed by atoms with van der Waals surface area (Å²) in [4.78, 5) is 26.3. The zero-order valence-corrected chi connectivity index (χ0v) is 15.3. The zero-order chi connectivity index (χ0) is 21.3. The molecule has 1 aromatic heterocycles. The van der Waals surface area contributed by atoms with Gasteiger partial charge in [-0.15, -0.1) is 0 Å². The maximum absolute atomic E-state index is 12.1. The van der Waals surface area contributed by atoms with Crippen LogP contribution in [0.15, 0.2) is 15.8 Å².